The second kappa shape index (κ2) is 16.0. The number of para-hydroxylation sites is 2. The number of furan rings is 1. The van der Waals surface area contributed by atoms with Crippen molar-refractivity contribution < 1.29 is 24.5 Å². The molecule has 4 heterocycles. The minimum atomic E-state index is -1.34. The fraction of sp³-hybridized carbons (Fsp3) is 0.356. The van der Waals surface area contributed by atoms with Crippen LogP contribution in [0, 0.1) is 18.1 Å². The fourth-order valence-electron chi connectivity index (χ4n) is 7.65. The minimum Gasteiger partial charge on any atom is -0.486 e. The number of pyridine rings is 2. The average Bonchev–Trinajstić information content (AvgIpc) is 3.70. The third-order valence-corrected chi connectivity index (χ3v) is 12.2. The van der Waals surface area contributed by atoms with Crippen molar-refractivity contribution in [2.24, 2.45) is 5.92 Å². The fourth-order valence-corrected chi connectivity index (χ4v) is 9.24. The predicted molar refractivity (Wildman–Crippen MR) is 215 cm³/mol. The van der Waals surface area contributed by atoms with E-state index in [0.717, 1.165) is 62.2 Å². The van der Waals surface area contributed by atoms with Gasteiger partial charge in [0.25, 0.3) is 0 Å². The van der Waals surface area contributed by atoms with Gasteiger partial charge in [0, 0.05) is 49.3 Å². The molecule has 0 spiro atoms. The standard InChI is InChI=1S/C27H26N3O.C18H24NSi.Ir/c1-17(2)30-24-14-7-6-13-23(24)28-26(30)21-12-8-11-19-20-15-16-22(18-9-4-3-5-10-18)29-27(20)31-25(19)21;1-14(2)11-16-12-17(15-9-7-6-8-10-15)19-13-18(16)20(3,4)5;/h6-8,11,13-18H,3-5,9-10H2,1-2H3;6-9,12-14H,11H2,1-5H3;/q2*-1;. The second-order valence-corrected chi connectivity index (χ2v) is 20.9. The van der Waals surface area contributed by atoms with Gasteiger partial charge in [-0.3, -0.25) is 4.98 Å². The first-order valence-corrected chi connectivity index (χ1v) is 22.3. The van der Waals surface area contributed by atoms with E-state index in [4.69, 9.17) is 14.4 Å². The van der Waals surface area contributed by atoms with Crippen LogP contribution in [-0.4, -0.2) is 27.6 Å². The summed E-state index contributed by atoms with van der Waals surface area (Å²) in [6.45, 7) is 16.1. The zero-order valence-corrected chi connectivity index (χ0v) is 35.0. The topological polar surface area (TPSA) is 56.7 Å². The molecule has 7 aromatic rings. The van der Waals surface area contributed by atoms with Gasteiger partial charge in [0.05, 0.1) is 30.5 Å². The summed E-state index contributed by atoms with van der Waals surface area (Å²) in [6.07, 6.45) is 9.65. The van der Waals surface area contributed by atoms with Crippen LogP contribution in [0.2, 0.25) is 19.6 Å². The summed E-state index contributed by atoms with van der Waals surface area (Å²) < 4.78 is 8.68. The Morgan fingerprint density at radius 2 is 1.62 bits per heavy atom. The van der Waals surface area contributed by atoms with E-state index in [9.17, 15) is 0 Å². The Morgan fingerprint density at radius 3 is 2.33 bits per heavy atom. The molecule has 1 radical (unpaired) electrons. The van der Waals surface area contributed by atoms with Crippen molar-refractivity contribution in [2.45, 2.75) is 97.8 Å². The first kappa shape index (κ1) is 37.8. The minimum absolute atomic E-state index is 0. The van der Waals surface area contributed by atoms with Gasteiger partial charge < -0.3 is 14.0 Å². The average molecular weight is 883 g/mol. The molecule has 0 N–H and O–H groups in total. The SMILES string of the molecule is CC(C)Cc1cc(-c2[c-]cccc2)ncc1[Si](C)(C)C.CC(C)n1c(-c2[c-]ccc3c2oc2nc(C4CCCCC4)ccc23)nc2ccccc21.[Ir]. The van der Waals surface area contributed by atoms with Gasteiger partial charge in [0.15, 0.2) is 0 Å². The van der Waals surface area contributed by atoms with Gasteiger partial charge in [-0.1, -0.05) is 87.5 Å². The molecule has 1 aliphatic carbocycles. The Bertz CT molecular complexity index is 2280. The molecule has 0 saturated heterocycles. The molecular formula is C45H50IrN4OSi-2. The summed E-state index contributed by atoms with van der Waals surface area (Å²) in [5.74, 6) is 2.12. The van der Waals surface area contributed by atoms with Crippen LogP contribution < -0.4 is 5.19 Å². The van der Waals surface area contributed by atoms with Gasteiger partial charge in [-0.25, -0.2) is 4.98 Å². The first-order chi connectivity index (χ1) is 24.6. The molecule has 5 nitrogen and oxygen atoms in total. The van der Waals surface area contributed by atoms with E-state index in [-0.39, 0.29) is 26.1 Å². The van der Waals surface area contributed by atoms with Crippen molar-refractivity contribution in [3.05, 3.63) is 108 Å². The molecule has 3 aromatic carbocycles. The van der Waals surface area contributed by atoms with Gasteiger partial charge >= 0.3 is 0 Å². The van der Waals surface area contributed by atoms with E-state index < -0.39 is 8.07 Å². The summed E-state index contributed by atoms with van der Waals surface area (Å²) in [5, 5.41) is 3.64. The zero-order chi connectivity index (χ0) is 35.7. The van der Waals surface area contributed by atoms with Gasteiger partial charge in [-0.05, 0) is 74.2 Å². The normalized spacial score (nSPS) is 13.9. The van der Waals surface area contributed by atoms with Crippen LogP contribution in [0.1, 0.15) is 83.0 Å². The maximum atomic E-state index is 6.40. The van der Waals surface area contributed by atoms with E-state index in [1.54, 1.807) is 0 Å². The third kappa shape index (κ3) is 7.88. The van der Waals surface area contributed by atoms with E-state index in [1.807, 2.05) is 30.3 Å². The van der Waals surface area contributed by atoms with Crippen molar-refractivity contribution in [2.75, 3.05) is 0 Å². The predicted octanol–water partition coefficient (Wildman–Crippen LogP) is 11.7. The largest absolute Gasteiger partial charge is 0.486 e. The van der Waals surface area contributed by atoms with Crippen LogP contribution in [0.25, 0.3) is 55.7 Å². The van der Waals surface area contributed by atoms with Crippen molar-refractivity contribution in [1.82, 2.24) is 19.5 Å². The van der Waals surface area contributed by atoms with Crippen LogP contribution in [-0.2, 0) is 26.5 Å². The molecule has 0 amide bonds. The number of fused-ring (bicyclic) bond motifs is 4. The van der Waals surface area contributed by atoms with Gasteiger partial charge in [-0.2, -0.15) is 0 Å². The van der Waals surface area contributed by atoms with E-state index >= 15 is 0 Å². The van der Waals surface area contributed by atoms with Crippen LogP contribution in [0.5, 0.6) is 0 Å². The Labute approximate surface area is 323 Å². The smallest absolute Gasteiger partial charge is 0.216 e. The Kier molecular flexibility index (Phi) is 11.6. The van der Waals surface area contributed by atoms with E-state index in [2.05, 4.69) is 124 Å². The molecule has 52 heavy (non-hydrogen) atoms. The number of nitrogens with zero attached hydrogens (tertiary/aromatic N) is 4. The molecular weight excluding hydrogens is 833 g/mol. The van der Waals surface area contributed by atoms with Crippen molar-refractivity contribution >= 4 is 46.4 Å². The molecule has 0 bridgehead atoms. The van der Waals surface area contributed by atoms with Crippen molar-refractivity contribution in [3.8, 4) is 22.6 Å². The molecule has 4 aromatic heterocycles. The molecule has 1 fully saturated rings. The zero-order valence-electron chi connectivity index (χ0n) is 31.6. The van der Waals surface area contributed by atoms with Gasteiger partial charge in [0.1, 0.15) is 0 Å². The Balaban J connectivity index is 0.000000193. The number of rotatable bonds is 7. The van der Waals surface area contributed by atoms with E-state index in [1.165, 1.54) is 48.5 Å². The number of hydrogen-bond donors (Lipinski definition) is 0. The molecule has 271 valence electrons. The van der Waals surface area contributed by atoms with Crippen LogP contribution in [0.4, 0.5) is 0 Å². The summed E-state index contributed by atoms with van der Waals surface area (Å²) in [5.41, 5.74) is 9.35. The van der Waals surface area contributed by atoms with Crippen LogP contribution >= 0.6 is 0 Å². The number of hydrogen-bond acceptors (Lipinski definition) is 4. The molecule has 7 heteroatoms. The van der Waals surface area contributed by atoms with Crippen LogP contribution in [0.15, 0.2) is 89.5 Å². The number of imidazole rings is 1. The summed E-state index contributed by atoms with van der Waals surface area (Å²) in [7, 11) is -1.34. The second-order valence-electron chi connectivity index (χ2n) is 15.9. The number of benzene rings is 3. The first-order valence-electron chi connectivity index (χ1n) is 18.8. The number of aromatic nitrogens is 4. The maximum absolute atomic E-state index is 6.40. The van der Waals surface area contributed by atoms with Crippen molar-refractivity contribution in [1.29, 1.82) is 0 Å². The Hall–Kier alpha value is -3.90. The summed E-state index contributed by atoms with van der Waals surface area (Å²) in [6, 6.07) is 34.0. The molecule has 0 aliphatic heterocycles. The van der Waals surface area contributed by atoms with E-state index in [0.29, 0.717) is 11.8 Å². The quantitative estimate of drug-likeness (QED) is 0.118. The van der Waals surface area contributed by atoms with Crippen LogP contribution in [0.3, 0.4) is 0 Å². The molecule has 0 atom stereocenters. The summed E-state index contributed by atoms with van der Waals surface area (Å²) in [4.78, 5) is 14.6. The molecule has 0 unspecified atom stereocenters. The molecule has 1 saturated carbocycles. The van der Waals surface area contributed by atoms with Crippen molar-refractivity contribution in [3.63, 3.8) is 0 Å². The third-order valence-electron chi connectivity index (χ3n) is 10.1. The summed E-state index contributed by atoms with van der Waals surface area (Å²) >= 11 is 0. The Morgan fingerprint density at radius 1 is 0.846 bits per heavy atom. The molecule has 8 rings (SSSR count). The molecule has 1 aliphatic rings. The van der Waals surface area contributed by atoms with Gasteiger partial charge in [0.2, 0.25) is 5.71 Å². The maximum Gasteiger partial charge on any atom is 0.216 e. The van der Waals surface area contributed by atoms with Gasteiger partial charge in [-0.15, -0.1) is 54.1 Å². The monoisotopic (exact) mass is 883 g/mol.